The van der Waals surface area contributed by atoms with Crippen LogP contribution in [-0.4, -0.2) is 43.2 Å². The van der Waals surface area contributed by atoms with Gasteiger partial charge in [0.25, 0.3) is 0 Å². The van der Waals surface area contributed by atoms with E-state index in [2.05, 4.69) is 11.8 Å². The monoisotopic (exact) mass is 254 g/mol. The highest BCUT2D eigenvalue weighted by atomic mass is 16.5. The molecule has 2 unspecified atom stereocenters. The smallest absolute Gasteiger partial charge is 0.226 e. The lowest BCUT2D eigenvalue weighted by Gasteiger charge is -2.41. The number of nitrogens with two attached hydrogens (primary N) is 1. The van der Waals surface area contributed by atoms with Gasteiger partial charge in [-0.1, -0.05) is 6.92 Å². The van der Waals surface area contributed by atoms with Crippen LogP contribution < -0.4 is 5.73 Å². The lowest BCUT2D eigenvalue weighted by molar-refractivity contribution is -0.145. The number of hydrogen-bond donors (Lipinski definition) is 1. The van der Waals surface area contributed by atoms with Gasteiger partial charge >= 0.3 is 0 Å². The molecule has 1 aliphatic carbocycles. The van der Waals surface area contributed by atoms with Crippen LogP contribution >= 0.6 is 0 Å². The van der Waals surface area contributed by atoms with Crippen LogP contribution in [0.15, 0.2) is 0 Å². The molecule has 0 aromatic carbocycles. The highest BCUT2D eigenvalue weighted by Gasteiger charge is 2.36. The first-order valence-electron chi connectivity index (χ1n) is 7.32. The fourth-order valence-electron chi connectivity index (χ4n) is 2.89. The summed E-state index contributed by atoms with van der Waals surface area (Å²) in [5.74, 6) is 0.868. The lowest BCUT2D eigenvalue weighted by atomic mass is 9.85. The Bertz CT molecular complexity index is 279. The molecule has 0 aromatic rings. The fourth-order valence-corrected chi connectivity index (χ4v) is 2.89. The minimum atomic E-state index is 0.164. The Morgan fingerprint density at radius 1 is 1.39 bits per heavy atom. The zero-order chi connectivity index (χ0) is 13.0. The summed E-state index contributed by atoms with van der Waals surface area (Å²) in [6, 6.07) is 0.485. The second-order valence-electron chi connectivity index (χ2n) is 5.71. The first kappa shape index (κ1) is 13.8. The molecule has 18 heavy (non-hydrogen) atoms. The van der Waals surface area contributed by atoms with Crippen molar-refractivity contribution in [1.82, 2.24) is 4.90 Å². The van der Waals surface area contributed by atoms with Crippen LogP contribution in [0.3, 0.4) is 0 Å². The Morgan fingerprint density at radius 2 is 2.17 bits per heavy atom. The average molecular weight is 254 g/mol. The van der Waals surface area contributed by atoms with E-state index < -0.39 is 0 Å². The van der Waals surface area contributed by atoms with Gasteiger partial charge in [-0.15, -0.1) is 0 Å². The first-order chi connectivity index (χ1) is 8.74. The number of amides is 1. The maximum Gasteiger partial charge on any atom is 0.226 e. The van der Waals surface area contributed by atoms with E-state index in [0.717, 1.165) is 32.6 Å². The maximum absolute atomic E-state index is 12.7. The Labute approximate surface area is 110 Å². The molecule has 0 aromatic heterocycles. The van der Waals surface area contributed by atoms with E-state index in [-0.39, 0.29) is 5.92 Å². The van der Waals surface area contributed by atoms with Crippen LogP contribution in [-0.2, 0) is 9.53 Å². The predicted molar refractivity (Wildman–Crippen MR) is 71.1 cm³/mol. The minimum Gasteiger partial charge on any atom is -0.381 e. The molecular weight excluding hydrogens is 228 g/mol. The van der Waals surface area contributed by atoms with Crippen LogP contribution in [0.5, 0.6) is 0 Å². The fraction of sp³-hybridized carbons (Fsp3) is 0.929. The van der Waals surface area contributed by atoms with Crippen LogP contribution in [0.4, 0.5) is 0 Å². The third-order valence-electron chi connectivity index (χ3n) is 4.36. The number of hydrogen-bond acceptors (Lipinski definition) is 3. The normalized spacial score (nSPS) is 28.8. The number of carbonyl (C=O) groups excluding carboxylic acids is 1. The quantitative estimate of drug-likeness (QED) is 0.806. The maximum atomic E-state index is 12.7. The summed E-state index contributed by atoms with van der Waals surface area (Å²) in [5, 5.41) is 0. The molecule has 2 aliphatic rings. The summed E-state index contributed by atoms with van der Waals surface area (Å²) >= 11 is 0. The summed E-state index contributed by atoms with van der Waals surface area (Å²) < 4.78 is 5.43. The molecule has 2 atom stereocenters. The molecule has 2 fully saturated rings. The highest BCUT2D eigenvalue weighted by Crippen LogP contribution is 2.30. The van der Waals surface area contributed by atoms with Crippen LogP contribution in [0.25, 0.3) is 0 Å². The first-order valence-corrected chi connectivity index (χ1v) is 7.32. The molecule has 104 valence electrons. The van der Waals surface area contributed by atoms with Gasteiger partial charge in [0, 0.05) is 31.7 Å². The van der Waals surface area contributed by atoms with E-state index in [0.29, 0.717) is 24.4 Å². The highest BCUT2D eigenvalue weighted by molar-refractivity contribution is 5.79. The van der Waals surface area contributed by atoms with E-state index in [4.69, 9.17) is 10.5 Å². The molecule has 1 saturated carbocycles. The van der Waals surface area contributed by atoms with Gasteiger partial charge in [-0.2, -0.15) is 0 Å². The number of carbonyl (C=O) groups is 1. The van der Waals surface area contributed by atoms with Gasteiger partial charge in [-0.3, -0.25) is 4.79 Å². The second kappa shape index (κ2) is 6.53. The SMILES string of the molecule is CC1COCCC1C(=O)N(CCCN)C1CCC1. The molecule has 4 nitrogen and oxygen atoms in total. The molecule has 1 aliphatic heterocycles. The zero-order valence-electron chi connectivity index (χ0n) is 11.4. The van der Waals surface area contributed by atoms with Crippen molar-refractivity contribution < 1.29 is 9.53 Å². The van der Waals surface area contributed by atoms with Crippen molar-refractivity contribution in [2.45, 2.75) is 45.1 Å². The average Bonchev–Trinajstić information content (AvgIpc) is 2.32. The van der Waals surface area contributed by atoms with E-state index in [1.807, 2.05) is 0 Å². The molecule has 1 heterocycles. The van der Waals surface area contributed by atoms with Crippen LogP contribution in [0, 0.1) is 11.8 Å². The predicted octanol–water partition coefficient (Wildman–Crippen LogP) is 1.39. The number of ether oxygens (including phenoxy) is 1. The molecule has 0 radical (unpaired) electrons. The molecule has 1 saturated heterocycles. The standard InChI is InChI=1S/C14H26N2O2/c1-11-10-18-9-6-13(11)14(17)16(8-3-7-15)12-4-2-5-12/h11-13H,2-10,15H2,1H3. The molecule has 0 bridgehead atoms. The van der Waals surface area contributed by atoms with Crippen molar-refractivity contribution >= 4 is 5.91 Å². The van der Waals surface area contributed by atoms with E-state index in [9.17, 15) is 4.79 Å². The molecule has 4 heteroatoms. The Balaban J connectivity index is 1.96. The summed E-state index contributed by atoms with van der Waals surface area (Å²) in [5.41, 5.74) is 5.58. The van der Waals surface area contributed by atoms with Crippen molar-refractivity contribution in [3.63, 3.8) is 0 Å². The van der Waals surface area contributed by atoms with E-state index >= 15 is 0 Å². The molecular formula is C14H26N2O2. The van der Waals surface area contributed by atoms with E-state index in [1.165, 1.54) is 19.3 Å². The lowest BCUT2D eigenvalue weighted by Crippen LogP contribution is -2.50. The van der Waals surface area contributed by atoms with Crippen molar-refractivity contribution in [1.29, 1.82) is 0 Å². The van der Waals surface area contributed by atoms with E-state index in [1.54, 1.807) is 0 Å². The van der Waals surface area contributed by atoms with Gasteiger partial charge in [0.1, 0.15) is 0 Å². The van der Waals surface area contributed by atoms with Crippen LogP contribution in [0.1, 0.15) is 39.0 Å². The Kier molecular flexibility index (Phi) is 5.01. The summed E-state index contributed by atoms with van der Waals surface area (Å²) in [4.78, 5) is 14.8. The summed E-state index contributed by atoms with van der Waals surface area (Å²) in [6.45, 7) is 5.09. The molecule has 0 spiro atoms. The summed E-state index contributed by atoms with van der Waals surface area (Å²) in [7, 11) is 0. The number of nitrogens with zero attached hydrogens (tertiary/aromatic N) is 1. The largest absolute Gasteiger partial charge is 0.381 e. The molecule has 1 amide bonds. The Morgan fingerprint density at radius 3 is 2.72 bits per heavy atom. The Hall–Kier alpha value is -0.610. The third-order valence-corrected chi connectivity index (χ3v) is 4.36. The van der Waals surface area contributed by atoms with Gasteiger partial charge in [-0.25, -0.2) is 0 Å². The molecule has 2 rings (SSSR count). The minimum absolute atomic E-state index is 0.164. The van der Waals surface area contributed by atoms with Crippen LogP contribution in [0.2, 0.25) is 0 Å². The van der Waals surface area contributed by atoms with Crippen molar-refractivity contribution in [3.8, 4) is 0 Å². The third kappa shape index (κ3) is 3.04. The van der Waals surface area contributed by atoms with Gasteiger partial charge in [0.05, 0.1) is 0 Å². The zero-order valence-corrected chi connectivity index (χ0v) is 11.4. The topological polar surface area (TPSA) is 55.6 Å². The van der Waals surface area contributed by atoms with Gasteiger partial charge < -0.3 is 15.4 Å². The van der Waals surface area contributed by atoms with Gasteiger partial charge in [0.2, 0.25) is 5.91 Å². The van der Waals surface area contributed by atoms with Gasteiger partial charge in [-0.05, 0) is 44.6 Å². The second-order valence-corrected chi connectivity index (χ2v) is 5.71. The summed E-state index contributed by atoms with van der Waals surface area (Å²) in [6.07, 6.45) is 5.41. The van der Waals surface area contributed by atoms with Crippen molar-refractivity contribution in [3.05, 3.63) is 0 Å². The molecule has 2 N–H and O–H groups in total. The van der Waals surface area contributed by atoms with Crippen molar-refractivity contribution in [2.24, 2.45) is 17.6 Å². The van der Waals surface area contributed by atoms with Gasteiger partial charge in [0.15, 0.2) is 0 Å². The van der Waals surface area contributed by atoms with Crippen molar-refractivity contribution in [2.75, 3.05) is 26.3 Å². The number of rotatable bonds is 5.